The first-order valence-corrected chi connectivity index (χ1v) is 8.44. The molecule has 6 heteroatoms. The van der Waals surface area contributed by atoms with Gasteiger partial charge < -0.3 is 19.3 Å². The Morgan fingerprint density at radius 3 is 2.69 bits per heavy atom. The molecule has 26 heavy (non-hydrogen) atoms. The molecular formula is C20H18N2O4. The number of benzene rings is 2. The second kappa shape index (κ2) is 7.31. The summed E-state index contributed by atoms with van der Waals surface area (Å²) in [6, 6.07) is 19.0. The summed E-state index contributed by atoms with van der Waals surface area (Å²) < 4.78 is 16.6. The standard InChI is InChI=1S/C20H18N2O4/c23-20(19-11-15(22-26-19)10-14-6-2-1-3-7-14)21-12-16-13-24-17-8-4-5-9-18(17)25-16/h1-9,11,16H,10,12-13H2,(H,21,23)/t16-/m0/s1. The van der Waals surface area contributed by atoms with Crippen LogP contribution in [0, 0.1) is 0 Å². The summed E-state index contributed by atoms with van der Waals surface area (Å²) in [7, 11) is 0. The largest absolute Gasteiger partial charge is 0.486 e. The van der Waals surface area contributed by atoms with Gasteiger partial charge >= 0.3 is 0 Å². The molecule has 3 aromatic rings. The molecule has 1 amide bonds. The van der Waals surface area contributed by atoms with Gasteiger partial charge in [-0.1, -0.05) is 47.6 Å². The van der Waals surface area contributed by atoms with Crippen molar-refractivity contribution in [1.29, 1.82) is 0 Å². The van der Waals surface area contributed by atoms with Gasteiger partial charge in [0.15, 0.2) is 11.5 Å². The van der Waals surface area contributed by atoms with Crippen LogP contribution in [0.25, 0.3) is 0 Å². The van der Waals surface area contributed by atoms with Crippen molar-refractivity contribution in [3.05, 3.63) is 77.7 Å². The lowest BCUT2D eigenvalue weighted by Gasteiger charge is -2.26. The number of hydrogen-bond donors (Lipinski definition) is 1. The lowest BCUT2D eigenvalue weighted by Crippen LogP contribution is -2.40. The van der Waals surface area contributed by atoms with Crippen LogP contribution in [0.5, 0.6) is 11.5 Å². The van der Waals surface area contributed by atoms with Crippen LogP contribution in [0.2, 0.25) is 0 Å². The smallest absolute Gasteiger partial charge is 0.290 e. The van der Waals surface area contributed by atoms with Gasteiger partial charge in [-0.3, -0.25) is 4.79 Å². The number of nitrogens with zero attached hydrogens (tertiary/aromatic N) is 1. The SMILES string of the molecule is O=C(NC[C@H]1COc2ccccc2O1)c1cc(Cc2ccccc2)no1. The van der Waals surface area contributed by atoms with E-state index in [0.717, 1.165) is 11.3 Å². The molecule has 1 aliphatic rings. The predicted octanol–water partition coefficient (Wildman–Crippen LogP) is 2.84. The third-order valence-electron chi connectivity index (χ3n) is 4.07. The van der Waals surface area contributed by atoms with Crippen LogP contribution in [0.4, 0.5) is 0 Å². The van der Waals surface area contributed by atoms with Crippen molar-refractivity contribution in [2.45, 2.75) is 12.5 Å². The number of carbonyl (C=O) groups excluding carboxylic acids is 1. The highest BCUT2D eigenvalue weighted by molar-refractivity contribution is 5.91. The first-order chi connectivity index (χ1) is 12.8. The lowest BCUT2D eigenvalue weighted by atomic mass is 10.1. The van der Waals surface area contributed by atoms with E-state index in [1.807, 2.05) is 54.6 Å². The zero-order chi connectivity index (χ0) is 17.8. The third kappa shape index (κ3) is 3.69. The highest BCUT2D eigenvalue weighted by Gasteiger charge is 2.22. The second-order valence-corrected chi connectivity index (χ2v) is 6.05. The average Bonchev–Trinajstić information content (AvgIpc) is 3.15. The van der Waals surface area contributed by atoms with Gasteiger partial charge in [0, 0.05) is 12.5 Å². The number of rotatable bonds is 5. The number of aromatic nitrogens is 1. The van der Waals surface area contributed by atoms with Crippen molar-refractivity contribution in [3.63, 3.8) is 0 Å². The molecule has 2 aromatic carbocycles. The Hall–Kier alpha value is -3.28. The van der Waals surface area contributed by atoms with E-state index >= 15 is 0 Å². The minimum atomic E-state index is -0.320. The number of amides is 1. The Labute approximate surface area is 150 Å². The molecule has 0 unspecified atom stereocenters. The Morgan fingerprint density at radius 2 is 1.85 bits per heavy atom. The lowest BCUT2D eigenvalue weighted by molar-refractivity contribution is 0.0768. The van der Waals surface area contributed by atoms with E-state index in [-0.39, 0.29) is 17.8 Å². The maximum Gasteiger partial charge on any atom is 0.290 e. The van der Waals surface area contributed by atoms with Gasteiger partial charge in [-0.05, 0) is 17.7 Å². The van der Waals surface area contributed by atoms with Crippen molar-refractivity contribution in [2.75, 3.05) is 13.2 Å². The molecule has 1 aromatic heterocycles. The fourth-order valence-corrected chi connectivity index (χ4v) is 2.76. The Bertz CT molecular complexity index is 892. The van der Waals surface area contributed by atoms with Gasteiger partial charge in [0.2, 0.25) is 5.76 Å². The summed E-state index contributed by atoms with van der Waals surface area (Å²) in [5, 5.41) is 6.76. The van der Waals surface area contributed by atoms with Crippen LogP contribution < -0.4 is 14.8 Å². The molecule has 132 valence electrons. The van der Waals surface area contributed by atoms with Gasteiger partial charge in [0.1, 0.15) is 12.7 Å². The fourth-order valence-electron chi connectivity index (χ4n) is 2.76. The van der Waals surface area contributed by atoms with Crippen LogP contribution in [0.1, 0.15) is 21.8 Å². The van der Waals surface area contributed by atoms with Crippen LogP contribution >= 0.6 is 0 Å². The number of hydrogen-bond acceptors (Lipinski definition) is 5. The zero-order valence-corrected chi connectivity index (χ0v) is 14.1. The molecular weight excluding hydrogens is 332 g/mol. The number of para-hydroxylation sites is 2. The molecule has 1 aliphatic heterocycles. The minimum absolute atomic E-state index is 0.188. The van der Waals surface area contributed by atoms with Crippen molar-refractivity contribution < 1.29 is 18.8 Å². The Kier molecular flexibility index (Phi) is 4.55. The van der Waals surface area contributed by atoms with E-state index in [2.05, 4.69) is 10.5 Å². The van der Waals surface area contributed by atoms with Crippen LogP contribution in [0.3, 0.4) is 0 Å². The van der Waals surface area contributed by atoms with E-state index in [4.69, 9.17) is 14.0 Å². The monoisotopic (exact) mass is 350 g/mol. The van der Waals surface area contributed by atoms with E-state index in [1.165, 1.54) is 0 Å². The van der Waals surface area contributed by atoms with E-state index in [9.17, 15) is 4.79 Å². The molecule has 0 bridgehead atoms. The molecule has 0 saturated heterocycles. The maximum atomic E-state index is 12.3. The van der Waals surface area contributed by atoms with Crippen LogP contribution in [-0.2, 0) is 6.42 Å². The van der Waals surface area contributed by atoms with E-state index in [1.54, 1.807) is 6.07 Å². The third-order valence-corrected chi connectivity index (χ3v) is 4.07. The zero-order valence-electron chi connectivity index (χ0n) is 14.1. The van der Waals surface area contributed by atoms with Gasteiger partial charge in [0.05, 0.1) is 12.2 Å². The van der Waals surface area contributed by atoms with Crippen molar-refractivity contribution in [3.8, 4) is 11.5 Å². The molecule has 6 nitrogen and oxygen atoms in total. The van der Waals surface area contributed by atoms with Crippen LogP contribution in [0.15, 0.2) is 65.2 Å². The normalized spacial score (nSPS) is 15.5. The molecule has 0 saturated carbocycles. The molecule has 2 heterocycles. The molecule has 4 rings (SSSR count). The molecule has 0 radical (unpaired) electrons. The molecule has 0 spiro atoms. The van der Waals surface area contributed by atoms with E-state index < -0.39 is 0 Å². The predicted molar refractivity (Wildman–Crippen MR) is 94.4 cm³/mol. The first-order valence-electron chi connectivity index (χ1n) is 8.44. The topological polar surface area (TPSA) is 73.6 Å². The summed E-state index contributed by atoms with van der Waals surface area (Å²) in [6.45, 7) is 0.703. The highest BCUT2D eigenvalue weighted by Crippen LogP contribution is 2.30. The summed E-state index contributed by atoms with van der Waals surface area (Å²) in [6.07, 6.45) is 0.370. The Balaban J connectivity index is 1.32. The quantitative estimate of drug-likeness (QED) is 0.766. The molecule has 1 atom stereocenters. The second-order valence-electron chi connectivity index (χ2n) is 6.05. The molecule has 0 fully saturated rings. The molecule has 1 N–H and O–H groups in total. The fraction of sp³-hybridized carbons (Fsp3) is 0.200. The van der Waals surface area contributed by atoms with Gasteiger partial charge in [-0.25, -0.2) is 0 Å². The van der Waals surface area contributed by atoms with E-state index in [0.29, 0.717) is 31.0 Å². The van der Waals surface area contributed by atoms with Gasteiger partial charge in [-0.15, -0.1) is 0 Å². The van der Waals surface area contributed by atoms with Gasteiger partial charge in [0.25, 0.3) is 5.91 Å². The summed E-state index contributed by atoms with van der Waals surface area (Å²) in [5.41, 5.74) is 1.83. The van der Waals surface area contributed by atoms with Crippen molar-refractivity contribution in [1.82, 2.24) is 10.5 Å². The molecule has 0 aliphatic carbocycles. The highest BCUT2D eigenvalue weighted by atomic mass is 16.6. The average molecular weight is 350 g/mol. The summed E-state index contributed by atoms with van der Waals surface area (Å²) in [5.74, 6) is 1.27. The van der Waals surface area contributed by atoms with Crippen molar-refractivity contribution >= 4 is 5.91 Å². The van der Waals surface area contributed by atoms with Gasteiger partial charge in [-0.2, -0.15) is 0 Å². The van der Waals surface area contributed by atoms with Crippen LogP contribution in [-0.4, -0.2) is 30.3 Å². The first kappa shape index (κ1) is 16.2. The summed E-state index contributed by atoms with van der Waals surface area (Å²) >= 11 is 0. The Morgan fingerprint density at radius 1 is 1.08 bits per heavy atom. The minimum Gasteiger partial charge on any atom is -0.486 e. The number of carbonyl (C=O) groups is 1. The summed E-state index contributed by atoms with van der Waals surface area (Å²) in [4.78, 5) is 12.3. The number of fused-ring (bicyclic) bond motifs is 1. The number of nitrogens with one attached hydrogen (secondary N) is 1. The number of ether oxygens (including phenoxy) is 2. The maximum absolute atomic E-state index is 12.3. The van der Waals surface area contributed by atoms with Crippen molar-refractivity contribution in [2.24, 2.45) is 0 Å².